The molecule has 0 amide bonds. The summed E-state index contributed by atoms with van der Waals surface area (Å²) in [6.07, 6.45) is 2.61. The Morgan fingerprint density at radius 1 is 1.43 bits per heavy atom. The van der Waals surface area contributed by atoms with Crippen molar-refractivity contribution in [2.45, 2.75) is 19.4 Å². The van der Waals surface area contributed by atoms with Crippen molar-refractivity contribution in [2.24, 2.45) is 0 Å². The molecule has 0 radical (unpaired) electrons. The molecule has 1 atom stereocenters. The molecule has 0 aliphatic carbocycles. The van der Waals surface area contributed by atoms with Crippen LogP contribution in [0.5, 0.6) is 0 Å². The molecule has 0 aromatic carbocycles. The molecule has 3 heterocycles. The summed E-state index contributed by atoms with van der Waals surface area (Å²) in [5.41, 5.74) is 6.32. The van der Waals surface area contributed by atoms with Gasteiger partial charge in [-0.1, -0.05) is 12.1 Å². The van der Waals surface area contributed by atoms with E-state index in [1.165, 1.54) is 0 Å². The van der Waals surface area contributed by atoms with Gasteiger partial charge in [0.05, 0.1) is 12.2 Å². The van der Waals surface area contributed by atoms with Gasteiger partial charge in [-0.2, -0.15) is 4.98 Å². The first kappa shape index (κ1) is 14.0. The van der Waals surface area contributed by atoms with Crippen molar-refractivity contribution in [1.82, 2.24) is 20.0 Å². The van der Waals surface area contributed by atoms with Gasteiger partial charge in [0, 0.05) is 19.3 Å². The molecule has 7 nitrogen and oxygen atoms in total. The fraction of sp³-hybridized carbons (Fsp3) is 0.500. The van der Waals surface area contributed by atoms with Crippen molar-refractivity contribution in [2.75, 3.05) is 32.0 Å². The minimum absolute atomic E-state index is 0.135. The summed E-state index contributed by atoms with van der Waals surface area (Å²) in [6, 6.07) is 3.52. The molecule has 1 fully saturated rings. The summed E-state index contributed by atoms with van der Waals surface area (Å²) in [5, 5.41) is 4.04. The number of anilines is 1. The van der Waals surface area contributed by atoms with E-state index in [1.54, 1.807) is 12.3 Å². The lowest BCUT2D eigenvalue weighted by Gasteiger charge is -2.30. The van der Waals surface area contributed by atoms with Gasteiger partial charge in [-0.3, -0.25) is 4.90 Å². The molecule has 2 aromatic heterocycles. The number of morpholine rings is 1. The third-order valence-electron chi connectivity index (χ3n) is 3.45. The first-order chi connectivity index (χ1) is 10.3. The van der Waals surface area contributed by atoms with Crippen molar-refractivity contribution in [1.29, 1.82) is 0 Å². The van der Waals surface area contributed by atoms with Gasteiger partial charge in [0.1, 0.15) is 11.9 Å². The van der Waals surface area contributed by atoms with E-state index >= 15 is 0 Å². The van der Waals surface area contributed by atoms with E-state index in [2.05, 4.69) is 26.9 Å². The van der Waals surface area contributed by atoms with Gasteiger partial charge in [0.2, 0.25) is 5.82 Å². The number of nitrogens with two attached hydrogens (primary N) is 1. The van der Waals surface area contributed by atoms with Crippen molar-refractivity contribution < 1.29 is 9.26 Å². The summed E-state index contributed by atoms with van der Waals surface area (Å²) in [6.45, 7) is 5.68. The second-order valence-electron chi connectivity index (χ2n) is 5.09. The fourth-order valence-corrected chi connectivity index (χ4v) is 2.39. The Hall–Kier alpha value is -1.99. The second-order valence-corrected chi connectivity index (χ2v) is 5.09. The number of nitrogen functional groups attached to an aromatic ring is 1. The lowest BCUT2D eigenvalue weighted by molar-refractivity contribution is -0.0350. The first-order valence-electron chi connectivity index (χ1n) is 7.15. The van der Waals surface area contributed by atoms with Crippen molar-refractivity contribution in [3.05, 3.63) is 24.2 Å². The summed E-state index contributed by atoms with van der Waals surface area (Å²) in [5.74, 6) is 1.49. The van der Waals surface area contributed by atoms with Crippen LogP contribution in [0.2, 0.25) is 0 Å². The third-order valence-corrected chi connectivity index (χ3v) is 3.45. The van der Waals surface area contributed by atoms with E-state index in [-0.39, 0.29) is 6.10 Å². The monoisotopic (exact) mass is 289 g/mol. The number of hydrogen-bond donors (Lipinski definition) is 1. The normalized spacial score (nSPS) is 19.8. The van der Waals surface area contributed by atoms with Crippen LogP contribution < -0.4 is 5.73 Å². The third kappa shape index (κ3) is 3.20. The highest BCUT2D eigenvalue weighted by molar-refractivity contribution is 5.53. The lowest BCUT2D eigenvalue weighted by atomic mass is 10.2. The Balaban J connectivity index is 1.73. The maximum absolute atomic E-state index is 5.75. The van der Waals surface area contributed by atoms with Crippen LogP contribution in [0, 0.1) is 0 Å². The molecule has 1 saturated heterocycles. The van der Waals surface area contributed by atoms with Gasteiger partial charge in [-0.05, 0) is 25.1 Å². The maximum Gasteiger partial charge on any atom is 0.259 e. The molecular weight excluding hydrogens is 270 g/mol. The van der Waals surface area contributed by atoms with Crippen LogP contribution in [0.4, 0.5) is 5.82 Å². The highest BCUT2D eigenvalue weighted by Crippen LogP contribution is 2.23. The molecule has 112 valence electrons. The highest BCUT2D eigenvalue weighted by atomic mass is 16.5. The van der Waals surface area contributed by atoms with Gasteiger partial charge in [-0.25, -0.2) is 4.98 Å². The molecular formula is C14H19N5O2. The lowest BCUT2D eigenvalue weighted by Crippen LogP contribution is -2.39. The number of rotatable bonds is 4. The molecule has 0 saturated carbocycles. The Morgan fingerprint density at radius 2 is 2.33 bits per heavy atom. The molecule has 1 aliphatic heterocycles. The largest absolute Gasteiger partial charge is 0.384 e. The van der Waals surface area contributed by atoms with Gasteiger partial charge in [-0.15, -0.1) is 0 Å². The van der Waals surface area contributed by atoms with E-state index < -0.39 is 0 Å². The summed E-state index contributed by atoms with van der Waals surface area (Å²) < 4.78 is 11.0. The Morgan fingerprint density at radius 3 is 3.10 bits per heavy atom. The molecule has 3 rings (SSSR count). The van der Waals surface area contributed by atoms with E-state index in [4.69, 9.17) is 15.0 Å². The van der Waals surface area contributed by atoms with E-state index in [0.717, 1.165) is 31.6 Å². The van der Waals surface area contributed by atoms with Crippen molar-refractivity contribution in [3.63, 3.8) is 0 Å². The summed E-state index contributed by atoms with van der Waals surface area (Å²) >= 11 is 0. The quantitative estimate of drug-likeness (QED) is 0.912. The Bertz CT molecular complexity index is 581. The second kappa shape index (κ2) is 6.19. The number of aromatic nitrogens is 3. The van der Waals surface area contributed by atoms with E-state index in [9.17, 15) is 0 Å². The van der Waals surface area contributed by atoms with Crippen LogP contribution in [-0.2, 0) is 4.74 Å². The van der Waals surface area contributed by atoms with Crippen molar-refractivity contribution in [3.8, 4) is 11.5 Å². The summed E-state index contributed by atoms with van der Waals surface area (Å²) in [4.78, 5) is 10.8. The Labute approximate surface area is 123 Å². The molecule has 0 spiro atoms. The molecule has 0 bridgehead atoms. The molecule has 7 heteroatoms. The SMILES string of the molecule is CCCN1CCOC(c2noc(-c3ccc(N)nc3)n2)C1. The van der Waals surface area contributed by atoms with Gasteiger partial charge in [0.25, 0.3) is 5.89 Å². The van der Waals surface area contributed by atoms with Gasteiger partial charge in [0.15, 0.2) is 0 Å². The number of hydrogen-bond acceptors (Lipinski definition) is 7. The van der Waals surface area contributed by atoms with Crippen LogP contribution in [-0.4, -0.2) is 46.3 Å². The minimum atomic E-state index is -0.135. The average Bonchev–Trinajstić information content (AvgIpc) is 2.98. The van der Waals surface area contributed by atoms with E-state index in [0.29, 0.717) is 24.1 Å². The fourth-order valence-electron chi connectivity index (χ4n) is 2.39. The number of ether oxygens (including phenoxy) is 1. The van der Waals surface area contributed by atoms with E-state index in [1.807, 2.05) is 6.07 Å². The standard InChI is InChI=1S/C14H19N5O2/c1-2-5-19-6-7-20-11(9-19)13-17-14(21-18-13)10-3-4-12(15)16-8-10/h3-4,8,11H,2,5-7,9H2,1H3,(H2,15,16). The zero-order valence-electron chi connectivity index (χ0n) is 12.0. The summed E-state index contributed by atoms with van der Waals surface area (Å²) in [7, 11) is 0. The predicted octanol–water partition coefficient (Wildman–Crippen LogP) is 1.50. The van der Waals surface area contributed by atoms with Gasteiger partial charge >= 0.3 is 0 Å². The van der Waals surface area contributed by atoms with Crippen LogP contribution in [0.25, 0.3) is 11.5 Å². The van der Waals surface area contributed by atoms with Crippen LogP contribution in [0.3, 0.4) is 0 Å². The topological polar surface area (TPSA) is 90.3 Å². The predicted molar refractivity (Wildman–Crippen MR) is 77.4 cm³/mol. The Kier molecular flexibility index (Phi) is 4.12. The van der Waals surface area contributed by atoms with Gasteiger partial charge < -0.3 is 15.0 Å². The molecule has 2 N–H and O–H groups in total. The molecule has 2 aromatic rings. The van der Waals surface area contributed by atoms with Crippen LogP contribution in [0.15, 0.2) is 22.9 Å². The zero-order valence-corrected chi connectivity index (χ0v) is 12.0. The highest BCUT2D eigenvalue weighted by Gasteiger charge is 2.26. The average molecular weight is 289 g/mol. The number of nitrogens with zero attached hydrogens (tertiary/aromatic N) is 4. The zero-order chi connectivity index (χ0) is 14.7. The van der Waals surface area contributed by atoms with Crippen LogP contribution >= 0.6 is 0 Å². The number of pyridine rings is 1. The van der Waals surface area contributed by atoms with Crippen molar-refractivity contribution >= 4 is 5.82 Å². The molecule has 21 heavy (non-hydrogen) atoms. The van der Waals surface area contributed by atoms with Crippen LogP contribution in [0.1, 0.15) is 25.3 Å². The minimum Gasteiger partial charge on any atom is -0.384 e. The molecule has 1 unspecified atom stereocenters. The first-order valence-corrected chi connectivity index (χ1v) is 7.15. The smallest absolute Gasteiger partial charge is 0.259 e. The molecule has 1 aliphatic rings. The maximum atomic E-state index is 5.75.